The van der Waals surface area contributed by atoms with Crippen molar-refractivity contribution in [2.45, 2.75) is 83.8 Å². The number of rotatable bonds is 4. The molecule has 34 heavy (non-hydrogen) atoms. The zero-order valence-corrected chi connectivity index (χ0v) is 20.9. The molecule has 4 saturated carbocycles. The van der Waals surface area contributed by atoms with E-state index in [1.54, 1.807) is 11.9 Å². The minimum absolute atomic E-state index is 0.107. The van der Waals surface area contributed by atoms with Crippen LogP contribution in [-0.4, -0.2) is 38.6 Å². The van der Waals surface area contributed by atoms with E-state index in [1.165, 1.54) is 32.1 Å². The summed E-state index contributed by atoms with van der Waals surface area (Å²) in [6.45, 7) is 4.70. The predicted molar refractivity (Wildman–Crippen MR) is 130 cm³/mol. The van der Waals surface area contributed by atoms with Gasteiger partial charge < -0.3 is 9.84 Å². The van der Waals surface area contributed by atoms with Crippen molar-refractivity contribution in [2.75, 3.05) is 7.11 Å². The molecule has 0 aliphatic heterocycles. The molecular formula is C28H39N3O3. The fourth-order valence-corrected chi connectivity index (χ4v) is 9.05. The molecule has 1 heterocycles. The molecule has 4 aliphatic carbocycles. The first-order valence-corrected chi connectivity index (χ1v) is 13.4. The average molecular weight is 466 g/mol. The number of Topliss-reactive ketones (excluding diaryl/α,β-unsaturated/α-hetero) is 1. The van der Waals surface area contributed by atoms with Gasteiger partial charge in [0.15, 0.2) is 11.3 Å². The quantitative estimate of drug-likeness (QED) is 0.685. The molecule has 6 nitrogen and oxygen atoms in total. The monoisotopic (exact) mass is 465 g/mol. The van der Waals surface area contributed by atoms with Gasteiger partial charge >= 0.3 is 0 Å². The third-order valence-electron chi connectivity index (χ3n) is 10.6. The van der Waals surface area contributed by atoms with Gasteiger partial charge in [-0.25, -0.2) is 0 Å². The number of ketones is 1. The van der Waals surface area contributed by atoms with E-state index in [2.05, 4.69) is 17.1 Å². The van der Waals surface area contributed by atoms with Gasteiger partial charge in [-0.3, -0.25) is 4.79 Å². The fourth-order valence-electron chi connectivity index (χ4n) is 9.05. The van der Waals surface area contributed by atoms with Gasteiger partial charge in [0.1, 0.15) is 17.8 Å². The Bertz CT molecular complexity index is 1090. The highest BCUT2D eigenvalue weighted by Gasteiger charge is 2.58. The van der Waals surface area contributed by atoms with Crippen LogP contribution in [0, 0.1) is 40.9 Å². The van der Waals surface area contributed by atoms with Gasteiger partial charge in [-0.05, 0) is 112 Å². The summed E-state index contributed by atoms with van der Waals surface area (Å²) in [5.41, 5.74) is 1.14. The van der Waals surface area contributed by atoms with Crippen molar-refractivity contribution < 1.29 is 14.6 Å². The summed E-state index contributed by atoms with van der Waals surface area (Å²) in [7, 11) is 1.64. The lowest BCUT2D eigenvalue weighted by Gasteiger charge is -2.56. The van der Waals surface area contributed by atoms with Gasteiger partial charge in [-0.1, -0.05) is 13.0 Å². The van der Waals surface area contributed by atoms with Crippen molar-refractivity contribution in [2.24, 2.45) is 40.9 Å². The molecule has 0 bridgehead atoms. The van der Waals surface area contributed by atoms with Crippen LogP contribution >= 0.6 is 0 Å². The van der Waals surface area contributed by atoms with Crippen molar-refractivity contribution in [3.05, 3.63) is 18.2 Å². The molecule has 6 rings (SSSR count). The summed E-state index contributed by atoms with van der Waals surface area (Å²) >= 11 is 0. The molecule has 0 saturated heterocycles. The van der Waals surface area contributed by atoms with E-state index < -0.39 is 5.60 Å². The van der Waals surface area contributed by atoms with Crippen LogP contribution in [0.3, 0.4) is 0 Å². The predicted octanol–water partition coefficient (Wildman–Crippen LogP) is 5.03. The molecule has 0 spiro atoms. The van der Waals surface area contributed by atoms with Crippen molar-refractivity contribution in [3.63, 3.8) is 0 Å². The second kappa shape index (κ2) is 8.04. The number of aliphatic hydroxyl groups is 1. The summed E-state index contributed by atoms with van der Waals surface area (Å²) < 4.78 is 5.42. The first-order valence-electron chi connectivity index (χ1n) is 13.4. The average Bonchev–Trinajstić information content (AvgIpc) is 3.37. The largest absolute Gasteiger partial charge is 0.494 e. The molecule has 0 unspecified atom stereocenters. The van der Waals surface area contributed by atoms with E-state index in [-0.39, 0.29) is 17.9 Å². The van der Waals surface area contributed by atoms with Crippen LogP contribution in [0.25, 0.3) is 11.0 Å². The molecule has 1 aromatic heterocycles. The van der Waals surface area contributed by atoms with Gasteiger partial charge in [0, 0.05) is 5.92 Å². The van der Waals surface area contributed by atoms with Gasteiger partial charge in [0.2, 0.25) is 0 Å². The first-order chi connectivity index (χ1) is 16.3. The number of carbonyl (C=O) groups is 1. The van der Waals surface area contributed by atoms with E-state index in [9.17, 15) is 9.90 Å². The number of hydrogen-bond acceptors (Lipinski definition) is 5. The van der Waals surface area contributed by atoms with E-state index in [4.69, 9.17) is 4.74 Å². The Kier molecular flexibility index (Phi) is 5.32. The molecule has 6 heteroatoms. The maximum atomic E-state index is 13.6. The summed E-state index contributed by atoms with van der Waals surface area (Å²) in [6.07, 6.45) is 10.3. The molecule has 0 amide bonds. The highest BCUT2D eigenvalue weighted by Crippen LogP contribution is 2.64. The SMILES string of the molecule is COc1cccc2nn(CC(=O)[C@H]3CC[C@H]4[C@@H]5CC[C@@H]6C[C@](C)(O)CC[C@@H]6[C@H]5CC[C@]34C)nc12. The third-order valence-corrected chi connectivity index (χ3v) is 10.6. The van der Waals surface area contributed by atoms with Crippen LogP contribution in [0.15, 0.2) is 18.2 Å². The Morgan fingerprint density at radius 1 is 1.06 bits per heavy atom. The molecule has 8 atom stereocenters. The van der Waals surface area contributed by atoms with Gasteiger partial charge in [0.05, 0.1) is 12.7 Å². The van der Waals surface area contributed by atoms with Crippen molar-refractivity contribution in [1.82, 2.24) is 15.0 Å². The number of nitrogens with zero attached hydrogens (tertiary/aromatic N) is 3. The topological polar surface area (TPSA) is 77.2 Å². The lowest BCUT2D eigenvalue weighted by Crippen LogP contribution is -2.51. The Labute approximate surface area is 202 Å². The van der Waals surface area contributed by atoms with E-state index in [0.717, 1.165) is 54.5 Å². The second-order valence-electron chi connectivity index (χ2n) is 12.4. The number of aromatic nitrogens is 3. The van der Waals surface area contributed by atoms with E-state index in [1.807, 2.05) is 25.1 Å². The zero-order chi connectivity index (χ0) is 23.7. The number of methoxy groups -OCH3 is 1. The lowest BCUT2D eigenvalue weighted by atomic mass is 9.49. The number of carbonyl (C=O) groups excluding carboxylic acids is 1. The molecular weight excluding hydrogens is 426 g/mol. The molecule has 184 valence electrons. The normalized spacial score (nSPS) is 41.5. The maximum absolute atomic E-state index is 13.6. The van der Waals surface area contributed by atoms with E-state index >= 15 is 0 Å². The van der Waals surface area contributed by atoms with E-state index in [0.29, 0.717) is 23.4 Å². The van der Waals surface area contributed by atoms with Crippen LogP contribution < -0.4 is 4.74 Å². The summed E-state index contributed by atoms with van der Waals surface area (Å²) in [5.74, 6) is 4.81. The number of benzene rings is 1. The molecule has 0 radical (unpaired) electrons. The lowest BCUT2D eigenvalue weighted by molar-refractivity contribution is -0.133. The van der Waals surface area contributed by atoms with Gasteiger partial charge in [-0.2, -0.15) is 9.90 Å². The smallest absolute Gasteiger partial charge is 0.159 e. The number of fused-ring (bicyclic) bond motifs is 6. The molecule has 2 aromatic rings. The summed E-state index contributed by atoms with van der Waals surface area (Å²) in [6, 6.07) is 5.71. The molecule has 4 fully saturated rings. The van der Waals surface area contributed by atoms with Gasteiger partial charge in [0.25, 0.3) is 0 Å². The maximum Gasteiger partial charge on any atom is 0.159 e. The second-order valence-corrected chi connectivity index (χ2v) is 12.4. The Hall–Kier alpha value is -1.95. The highest BCUT2D eigenvalue weighted by molar-refractivity contribution is 5.83. The number of hydrogen-bond donors (Lipinski definition) is 1. The summed E-state index contributed by atoms with van der Waals surface area (Å²) in [4.78, 5) is 15.2. The Balaban J connectivity index is 1.18. The van der Waals surface area contributed by atoms with Crippen molar-refractivity contribution in [3.8, 4) is 5.75 Å². The van der Waals surface area contributed by atoms with Crippen LogP contribution in [0.4, 0.5) is 0 Å². The minimum atomic E-state index is -0.461. The minimum Gasteiger partial charge on any atom is -0.494 e. The highest BCUT2D eigenvalue weighted by atomic mass is 16.5. The zero-order valence-electron chi connectivity index (χ0n) is 20.9. The van der Waals surface area contributed by atoms with Crippen molar-refractivity contribution in [1.29, 1.82) is 0 Å². The molecule has 1 N–H and O–H groups in total. The first kappa shape index (κ1) is 22.5. The Morgan fingerprint density at radius 3 is 2.71 bits per heavy atom. The van der Waals surface area contributed by atoms with Crippen LogP contribution in [0.5, 0.6) is 5.75 Å². The Morgan fingerprint density at radius 2 is 1.88 bits per heavy atom. The summed E-state index contributed by atoms with van der Waals surface area (Å²) in [5, 5.41) is 19.8. The molecule has 4 aliphatic rings. The van der Waals surface area contributed by atoms with Crippen LogP contribution in [-0.2, 0) is 11.3 Å². The number of ether oxygens (including phenoxy) is 1. The third kappa shape index (κ3) is 3.51. The van der Waals surface area contributed by atoms with Crippen molar-refractivity contribution >= 4 is 16.8 Å². The molecule has 1 aromatic carbocycles. The van der Waals surface area contributed by atoms with Crippen LogP contribution in [0.2, 0.25) is 0 Å². The van der Waals surface area contributed by atoms with Gasteiger partial charge in [-0.15, -0.1) is 5.10 Å². The fraction of sp³-hybridized carbons (Fsp3) is 0.750. The van der Waals surface area contributed by atoms with Crippen LogP contribution in [0.1, 0.15) is 71.6 Å². The standard InChI is InChI=1S/C28H39N3O3/c1-27(33)13-11-18-17(15-27)7-8-20-19(18)12-14-28(2)21(20)9-10-22(28)24(32)16-31-29-23-5-4-6-25(34-3)26(23)30-31/h4-6,17-22,33H,7-16H2,1-3H3/t17-,18+,19-,20-,21+,22-,27-,28+/m1/s1.